The van der Waals surface area contributed by atoms with Crippen LogP contribution in [0.25, 0.3) is 0 Å². The Morgan fingerprint density at radius 3 is 2.81 bits per heavy atom. The zero-order valence-corrected chi connectivity index (χ0v) is 12.9. The van der Waals surface area contributed by atoms with Crippen LogP contribution in [0.15, 0.2) is 17.4 Å². The molecule has 1 aliphatic carbocycles. The van der Waals surface area contributed by atoms with Gasteiger partial charge in [0, 0.05) is 12.6 Å². The minimum absolute atomic E-state index is 0.0902. The lowest BCUT2D eigenvalue weighted by Crippen LogP contribution is -2.37. The molecule has 1 aromatic rings. The van der Waals surface area contributed by atoms with Gasteiger partial charge in [0.1, 0.15) is 0 Å². The second kappa shape index (κ2) is 7.24. The number of nitrogens with two attached hydrogens (primary N) is 1. The quantitative estimate of drug-likeness (QED) is 0.363. The van der Waals surface area contributed by atoms with Gasteiger partial charge in [0.2, 0.25) is 0 Å². The van der Waals surface area contributed by atoms with Crippen molar-refractivity contribution < 1.29 is 5.21 Å². The molecule has 2 rings (SSSR count). The van der Waals surface area contributed by atoms with Gasteiger partial charge in [-0.25, -0.2) is 0 Å². The molecule has 0 saturated heterocycles. The molecule has 0 amide bonds. The Hall–Kier alpha value is -1.85. The third-order valence-electron chi connectivity index (χ3n) is 4.07. The highest BCUT2D eigenvalue weighted by Gasteiger charge is 2.26. The van der Waals surface area contributed by atoms with Crippen molar-refractivity contribution in [2.75, 3.05) is 11.4 Å². The van der Waals surface area contributed by atoms with E-state index in [9.17, 15) is 0 Å². The maximum Gasteiger partial charge on any atom is 0.173 e. The molecular weight excluding hydrogens is 266 g/mol. The summed E-state index contributed by atoms with van der Waals surface area (Å²) >= 11 is 0. The van der Waals surface area contributed by atoms with E-state index in [4.69, 9.17) is 10.9 Å². The molecule has 6 heteroatoms. The van der Waals surface area contributed by atoms with Crippen LogP contribution >= 0.6 is 0 Å². The first-order valence-electron chi connectivity index (χ1n) is 7.69. The standard InChI is InChI=1S/C15H25N5O/c1-11(2)8-10-20(12-5-3-4-6-12)15-13(14(16)19-21)7-9-17-18-15/h7,9,11-12,21H,3-6,8,10H2,1-2H3,(H2,16,19). The van der Waals surface area contributed by atoms with Crippen LogP contribution in [0.3, 0.4) is 0 Å². The SMILES string of the molecule is CC(C)CCN(c1nnccc1/C(N)=N/O)C1CCCC1. The van der Waals surface area contributed by atoms with Crippen LogP contribution in [0.5, 0.6) is 0 Å². The summed E-state index contributed by atoms with van der Waals surface area (Å²) in [7, 11) is 0. The van der Waals surface area contributed by atoms with Crippen LogP contribution < -0.4 is 10.6 Å². The molecule has 1 saturated carbocycles. The Balaban J connectivity index is 2.31. The summed E-state index contributed by atoms with van der Waals surface area (Å²) in [5, 5.41) is 20.4. The Morgan fingerprint density at radius 2 is 2.19 bits per heavy atom. The zero-order chi connectivity index (χ0) is 15.2. The largest absolute Gasteiger partial charge is 0.409 e. The van der Waals surface area contributed by atoms with Crippen LogP contribution in [-0.4, -0.2) is 33.8 Å². The van der Waals surface area contributed by atoms with E-state index in [2.05, 4.69) is 34.1 Å². The Labute approximate surface area is 126 Å². The molecule has 0 radical (unpaired) electrons. The van der Waals surface area contributed by atoms with Gasteiger partial charge in [-0.15, -0.1) is 5.10 Å². The van der Waals surface area contributed by atoms with E-state index in [1.807, 2.05) is 0 Å². The predicted molar refractivity (Wildman–Crippen MR) is 83.6 cm³/mol. The highest BCUT2D eigenvalue weighted by atomic mass is 16.4. The molecule has 6 nitrogen and oxygen atoms in total. The number of hydrogen-bond acceptors (Lipinski definition) is 5. The van der Waals surface area contributed by atoms with Crippen molar-refractivity contribution in [2.45, 2.75) is 52.0 Å². The maximum atomic E-state index is 8.97. The number of oxime groups is 1. The van der Waals surface area contributed by atoms with Crippen molar-refractivity contribution in [3.8, 4) is 0 Å². The molecular formula is C15H25N5O. The highest BCUT2D eigenvalue weighted by molar-refractivity contribution is 6.01. The first-order valence-corrected chi connectivity index (χ1v) is 7.69. The average Bonchev–Trinajstić information content (AvgIpc) is 3.01. The van der Waals surface area contributed by atoms with E-state index < -0.39 is 0 Å². The summed E-state index contributed by atoms with van der Waals surface area (Å²) in [6.07, 6.45) is 7.51. The molecule has 1 aliphatic rings. The molecule has 1 fully saturated rings. The lowest BCUT2D eigenvalue weighted by Gasteiger charge is -2.31. The molecule has 0 aromatic carbocycles. The van der Waals surface area contributed by atoms with E-state index in [-0.39, 0.29) is 5.84 Å². The van der Waals surface area contributed by atoms with Crippen molar-refractivity contribution >= 4 is 11.7 Å². The number of hydrogen-bond donors (Lipinski definition) is 2. The third kappa shape index (κ3) is 3.83. The normalized spacial score (nSPS) is 16.6. The second-order valence-corrected chi connectivity index (χ2v) is 6.07. The van der Waals surface area contributed by atoms with Crippen LogP contribution in [0, 0.1) is 5.92 Å². The Bertz CT molecular complexity index is 483. The van der Waals surface area contributed by atoms with Gasteiger partial charge in [0.15, 0.2) is 11.7 Å². The van der Waals surface area contributed by atoms with Gasteiger partial charge in [0.05, 0.1) is 11.8 Å². The molecule has 1 aromatic heterocycles. The number of rotatable bonds is 6. The lowest BCUT2D eigenvalue weighted by atomic mass is 10.1. The summed E-state index contributed by atoms with van der Waals surface area (Å²) in [6.45, 7) is 5.36. The van der Waals surface area contributed by atoms with E-state index in [1.165, 1.54) is 25.7 Å². The Morgan fingerprint density at radius 1 is 1.48 bits per heavy atom. The summed E-state index contributed by atoms with van der Waals surface area (Å²) < 4.78 is 0. The lowest BCUT2D eigenvalue weighted by molar-refractivity contribution is 0.318. The predicted octanol–water partition coefficient (Wildman–Crippen LogP) is 2.37. The fraction of sp³-hybridized carbons (Fsp3) is 0.667. The number of amidine groups is 1. The first kappa shape index (κ1) is 15.5. The van der Waals surface area contributed by atoms with Gasteiger partial charge in [-0.05, 0) is 31.2 Å². The third-order valence-corrected chi connectivity index (χ3v) is 4.07. The van der Waals surface area contributed by atoms with E-state index in [0.717, 1.165) is 18.8 Å². The van der Waals surface area contributed by atoms with Crippen molar-refractivity contribution in [2.24, 2.45) is 16.8 Å². The molecule has 0 spiro atoms. The second-order valence-electron chi connectivity index (χ2n) is 6.07. The molecule has 1 heterocycles. The zero-order valence-electron chi connectivity index (χ0n) is 12.9. The van der Waals surface area contributed by atoms with Crippen LogP contribution in [0.4, 0.5) is 5.82 Å². The summed E-state index contributed by atoms with van der Waals surface area (Å²) in [5.74, 6) is 1.45. The topological polar surface area (TPSA) is 87.6 Å². The van der Waals surface area contributed by atoms with E-state index in [0.29, 0.717) is 17.5 Å². The maximum absolute atomic E-state index is 8.97. The monoisotopic (exact) mass is 291 g/mol. The average molecular weight is 291 g/mol. The summed E-state index contributed by atoms with van der Waals surface area (Å²) in [5.41, 5.74) is 6.45. The van der Waals surface area contributed by atoms with Crippen molar-refractivity contribution in [1.29, 1.82) is 0 Å². The van der Waals surface area contributed by atoms with Gasteiger partial charge < -0.3 is 15.8 Å². The number of aromatic nitrogens is 2. The minimum atomic E-state index is 0.0902. The molecule has 0 unspecified atom stereocenters. The molecule has 0 bridgehead atoms. The number of anilines is 1. The molecule has 21 heavy (non-hydrogen) atoms. The van der Waals surface area contributed by atoms with Crippen molar-refractivity contribution in [3.63, 3.8) is 0 Å². The molecule has 116 valence electrons. The number of nitrogens with zero attached hydrogens (tertiary/aromatic N) is 4. The first-order chi connectivity index (χ1) is 10.1. The molecule has 0 aliphatic heterocycles. The van der Waals surface area contributed by atoms with E-state index in [1.54, 1.807) is 12.3 Å². The van der Waals surface area contributed by atoms with E-state index >= 15 is 0 Å². The van der Waals surface area contributed by atoms with Gasteiger partial charge in [-0.2, -0.15) is 5.10 Å². The summed E-state index contributed by atoms with van der Waals surface area (Å²) in [6, 6.07) is 2.24. The van der Waals surface area contributed by atoms with Crippen LogP contribution in [0.2, 0.25) is 0 Å². The van der Waals surface area contributed by atoms with Crippen LogP contribution in [-0.2, 0) is 0 Å². The van der Waals surface area contributed by atoms with Gasteiger partial charge >= 0.3 is 0 Å². The summed E-state index contributed by atoms with van der Waals surface area (Å²) in [4.78, 5) is 2.30. The fourth-order valence-corrected chi connectivity index (χ4v) is 2.86. The molecule has 3 N–H and O–H groups in total. The molecule has 0 atom stereocenters. The van der Waals surface area contributed by atoms with Gasteiger partial charge in [0.25, 0.3) is 0 Å². The van der Waals surface area contributed by atoms with Gasteiger partial charge in [-0.1, -0.05) is 31.8 Å². The fourth-order valence-electron chi connectivity index (χ4n) is 2.86. The van der Waals surface area contributed by atoms with Crippen molar-refractivity contribution in [1.82, 2.24) is 10.2 Å². The highest BCUT2D eigenvalue weighted by Crippen LogP contribution is 2.29. The van der Waals surface area contributed by atoms with Crippen LogP contribution in [0.1, 0.15) is 51.5 Å². The van der Waals surface area contributed by atoms with Gasteiger partial charge in [-0.3, -0.25) is 0 Å². The smallest absolute Gasteiger partial charge is 0.173 e. The minimum Gasteiger partial charge on any atom is -0.409 e. The Kier molecular flexibility index (Phi) is 5.36. The van der Waals surface area contributed by atoms with Crippen molar-refractivity contribution in [3.05, 3.63) is 17.8 Å².